The second-order valence-corrected chi connectivity index (χ2v) is 5.65. The fraction of sp³-hybridized carbons (Fsp3) is 0.571. The summed E-state index contributed by atoms with van der Waals surface area (Å²) in [5, 5.41) is 0. The molecule has 0 bridgehead atoms. The largest absolute Gasteiger partial charge is 0.493 e. The Hall–Kier alpha value is -0.460. The number of halogens is 4. The quantitative estimate of drug-likeness (QED) is 0.434. The number of ether oxygens (including phenoxy) is 1. The molecule has 0 spiro atoms. The maximum atomic E-state index is 12.8. The molecule has 0 saturated heterocycles. The Balaban J connectivity index is 2.54. The van der Waals surface area contributed by atoms with Crippen molar-refractivity contribution in [3.63, 3.8) is 0 Å². The van der Waals surface area contributed by atoms with Gasteiger partial charge in [-0.05, 0) is 47.2 Å². The molecule has 0 fully saturated rings. The summed E-state index contributed by atoms with van der Waals surface area (Å²) in [4.78, 5) is 0. The van der Waals surface area contributed by atoms with Gasteiger partial charge < -0.3 is 4.74 Å². The van der Waals surface area contributed by atoms with Gasteiger partial charge in [0.2, 0.25) is 0 Å². The lowest BCUT2D eigenvalue weighted by atomic mass is 10.1. The maximum absolute atomic E-state index is 12.8. The van der Waals surface area contributed by atoms with E-state index in [0.717, 1.165) is 38.2 Å². The zero-order valence-electron chi connectivity index (χ0n) is 10.9. The van der Waals surface area contributed by atoms with Gasteiger partial charge in [-0.25, -0.2) is 0 Å². The van der Waals surface area contributed by atoms with Crippen molar-refractivity contribution in [2.24, 2.45) is 0 Å². The fourth-order valence-electron chi connectivity index (χ4n) is 1.74. The van der Waals surface area contributed by atoms with E-state index in [4.69, 9.17) is 4.74 Å². The smallest absolute Gasteiger partial charge is 0.419 e. The molecule has 0 aliphatic heterocycles. The van der Waals surface area contributed by atoms with Gasteiger partial charge in [0.1, 0.15) is 5.75 Å². The first-order chi connectivity index (χ1) is 8.95. The molecule has 0 atom stereocenters. The molecule has 5 heteroatoms. The number of benzene rings is 1. The van der Waals surface area contributed by atoms with E-state index in [1.807, 2.05) is 22.6 Å². The van der Waals surface area contributed by atoms with E-state index in [1.54, 1.807) is 6.07 Å². The standard InChI is InChI=1S/C14H18F3IO/c1-2-3-4-5-6-9-19-13-8-7-11(18)10-12(13)14(15,16)17/h7-8,10H,2-6,9H2,1H3. The van der Waals surface area contributed by atoms with E-state index < -0.39 is 11.7 Å². The van der Waals surface area contributed by atoms with Crippen LogP contribution in [0, 0.1) is 3.57 Å². The summed E-state index contributed by atoms with van der Waals surface area (Å²) in [5.74, 6) is -0.0663. The SMILES string of the molecule is CCCCCCCOc1ccc(I)cc1C(F)(F)F. The average molecular weight is 386 g/mol. The second kappa shape index (κ2) is 7.97. The molecule has 1 aromatic rings. The Morgan fingerprint density at radius 3 is 2.42 bits per heavy atom. The van der Waals surface area contributed by atoms with Crippen LogP contribution in [0.4, 0.5) is 13.2 Å². The van der Waals surface area contributed by atoms with Gasteiger partial charge in [-0.1, -0.05) is 32.6 Å². The summed E-state index contributed by atoms with van der Waals surface area (Å²) in [6, 6.07) is 4.14. The molecule has 0 aliphatic carbocycles. The molecule has 1 nitrogen and oxygen atoms in total. The Bertz CT molecular complexity index is 391. The molecule has 0 amide bonds. The molecule has 0 radical (unpaired) electrons. The van der Waals surface area contributed by atoms with Crippen LogP contribution in [-0.4, -0.2) is 6.61 Å². The molecule has 108 valence electrons. The van der Waals surface area contributed by atoms with Crippen molar-refractivity contribution in [2.75, 3.05) is 6.61 Å². The minimum absolute atomic E-state index is 0.0663. The summed E-state index contributed by atoms with van der Waals surface area (Å²) in [7, 11) is 0. The van der Waals surface area contributed by atoms with Crippen LogP contribution < -0.4 is 4.74 Å². The monoisotopic (exact) mass is 386 g/mol. The second-order valence-electron chi connectivity index (χ2n) is 4.40. The average Bonchev–Trinajstić information content (AvgIpc) is 2.34. The zero-order chi connectivity index (χ0) is 14.3. The van der Waals surface area contributed by atoms with E-state index in [-0.39, 0.29) is 5.75 Å². The number of unbranched alkanes of at least 4 members (excludes halogenated alkanes) is 4. The van der Waals surface area contributed by atoms with Crippen molar-refractivity contribution < 1.29 is 17.9 Å². The van der Waals surface area contributed by atoms with Crippen molar-refractivity contribution in [2.45, 2.75) is 45.2 Å². The Labute approximate surface area is 125 Å². The van der Waals surface area contributed by atoms with Gasteiger partial charge in [-0.3, -0.25) is 0 Å². The van der Waals surface area contributed by atoms with Crippen LogP contribution in [0.5, 0.6) is 5.75 Å². The van der Waals surface area contributed by atoms with Crippen LogP contribution in [0.25, 0.3) is 0 Å². The van der Waals surface area contributed by atoms with Crippen molar-refractivity contribution in [1.29, 1.82) is 0 Å². The predicted octanol–water partition coefficient (Wildman–Crippen LogP) is 5.66. The maximum Gasteiger partial charge on any atom is 0.419 e. The fourth-order valence-corrected chi connectivity index (χ4v) is 2.23. The van der Waals surface area contributed by atoms with Gasteiger partial charge in [0, 0.05) is 3.57 Å². The Morgan fingerprint density at radius 2 is 1.79 bits per heavy atom. The van der Waals surface area contributed by atoms with Crippen molar-refractivity contribution in [3.05, 3.63) is 27.3 Å². The summed E-state index contributed by atoms with van der Waals surface area (Å²) < 4.78 is 44.3. The topological polar surface area (TPSA) is 9.23 Å². The molecule has 0 unspecified atom stereocenters. The molecule has 19 heavy (non-hydrogen) atoms. The third-order valence-electron chi connectivity index (χ3n) is 2.75. The number of rotatable bonds is 7. The highest BCUT2D eigenvalue weighted by molar-refractivity contribution is 14.1. The van der Waals surface area contributed by atoms with Crippen LogP contribution >= 0.6 is 22.6 Å². The summed E-state index contributed by atoms with van der Waals surface area (Å²) in [6.07, 6.45) is 0.855. The molecule has 0 aromatic heterocycles. The van der Waals surface area contributed by atoms with Gasteiger partial charge in [0.25, 0.3) is 0 Å². The molecule has 0 aliphatic rings. The van der Waals surface area contributed by atoms with Gasteiger partial charge in [-0.2, -0.15) is 13.2 Å². The molecule has 1 rings (SSSR count). The molecular weight excluding hydrogens is 368 g/mol. The van der Waals surface area contributed by atoms with Crippen LogP contribution in [0.3, 0.4) is 0 Å². The van der Waals surface area contributed by atoms with Gasteiger partial charge >= 0.3 is 6.18 Å². The summed E-state index contributed by atoms with van der Waals surface area (Å²) >= 11 is 1.87. The van der Waals surface area contributed by atoms with Crippen LogP contribution in [-0.2, 0) is 6.18 Å². The normalized spacial score (nSPS) is 11.6. The predicted molar refractivity (Wildman–Crippen MR) is 78.4 cm³/mol. The number of alkyl halides is 3. The first kappa shape index (κ1) is 16.6. The van der Waals surface area contributed by atoms with Gasteiger partial charge in [0.15, 0.2) is 0 Å². The highest BCUT2D eigenvalue weighted by Gasteiger charge is 2.34. The highest BCUT2D eigenvalue weighted by Crippen LogP contribution is 2.37. The minimum Gasteiger partial charge on any atom is -0.493 e. The van der Waals surface area contributed by atoms with E-state index in [2.05, 4.69) is 6.92 Å². The van der Waals surface area contributed by atoms with Gasteiger partial charge in [0.05, 0.1) is 12.2 Å². The Morgan fingerprint density at radius 1 is 1.11 bits per heavy atom. The van der Waals surface area contributed by atoms with Crippen LogP contribution in [0.1, 0.15) is 44.6 Å². The molecular formula is C14H18F3IO. The first-order valence-electron chi connectivity index (χ1n) is 6.44. The van der Waals surface area contributed by atoms with E-state index in [1.165, 1.54) is 6.07 Å². The molecule has 0 heterocycles. The van der Waals surface area contributed by atoms with Gasteiger partial charge in [-0.15, -0.1) is 0 Å². The van der Waals surface area contributed by atoms with E-state index in [9.17, 15) is 13.2 Å². The third-order valence-corrected chi connectivity index (χ3v) is 3.42. The van der Waals surface area contributed by atoms with Crippen LogP contribution in [0.2, 0.25) is 0 Å². The van der Waals surface area contributed by atoms with Crippen molar-refractivity contribution >= 4 is 22.6 Å². The van der Waals surface area contributed by atoms with Crippen molar-refractivity contribution in [3.8, 4) is 5.75 Å². The lowest BCUT2D eigenvalue weighted by Gasteiger charge is -2.14. The van der Waals surface area contributed by atoms with Crippen molar-refractivity contribution in [1.82, 2.24) is 0 Å². The number of hydrogen-bond donors (Lipinski definition) is 0. The lowest BCUT2D eigenvalue weighted by Crippen LogP contribution is -2.09. The van der Waals surface area contributed by atoms with Crippen LogP contribution in [0.15, 0.2) is 18.2 Å². The third kappa shape index (κ3) is 6.01. The Kier molecular flexibility index (Phi) is 6.96. The summed E-state index contributed by atoms with van der Waals surface area (Å²) in [5.41, 5.74) is -0.687. The first-order valence-corrected chi connectivity index (χ1v) is 7.52. The molecule has 0 saturated carbocycles. The minimum atomic E-state index is -4.36. The lowest BCUT2D eigenvalue weighted by molar-refractivity contribution is -0.139. The van der Waals surface area contributed by atoms with E-state index >= 15 is 0 Å². The van der Waals surface area contributed by atoms with E-state index in [0.29, 0.717) is 10.2 Å². The molecule has 0 N–H and O–H groups in total. The summed E-state index contributed by atoms with van der Waals surface area (Å²) in [6.45, 7) is 2.46. The highest BCUT2D eigenvalue weighted by atomic mass is 127. The number of hydrogen-bond acceptors (Lipinski definition) is 1. The zero-order valence-corrected chi connectivity index (χ0v) is 13.1. The molecule has 1 aromatic carbocycles.